The van der Waals surface area contributed by atoms with Gasteiger partial charge in [-0.2, -0.15) is 0 Å². The maximum Gasteiger partial charge on any atom is 0.407 e. The van der Waals surface area contributed by atoms with Crippen molar-refractivity contribution in [3.63, 3.8) is 0 Å². The number of piperazine rings is 1. The van der Waals surface area contributed by atoms with Gasteiger partial charge in [-0.05, 0) is 38.3 Å². The molecule has 1 saturated heterocycles. The van der Waals surface area contributed by atoms with Gasteiger partial charge in [0, 0.05) is 31.7 Å². The normalized spacial score (nSPS) is 23.9. The summed E-state index contributed by atoms with van der Waals surface area (Å²) in [5.74, 6) is 1.06. The lowest BCUT2D eigenvalue weighted by Crippen LogP contribution is -2.55. The highest BCUT2D eigenvalue weighted by Gasteiger charge is 2.36. The third kappa shape index (κ3) is 3.27. The quantitative estimate of drug-likeness (QED) is 0.889. The van der Waals surface area contributed by atoms with E-state index in [0.29, 0.717) is 18.6 Å². The molecule has 2 unspecified atom stereocenters. The Labute approximate surface area is 137 Å². The monoisotopic (exact) mass is 318 g/mol. The van der Waals surface area contributed by atoms with E-state index in [1.807, 2.05) is 19.9 Å². The molecule has 2 N–H and O–H groups in total. The first-order valence-corrected chi connectivity index (χ1v) is 8.53. The third-order valence-corrected chi connectivity index (χ3v) is 4.59. The zero-order valence-electron chi connectivity index (χ0n) is 14.1. The van der Waals surface area contributed by atoms with Gasteiger partial charge < -0.3 is 20.3 Å². The van der Waals surface area contributed by atoms with Crippen LogP contribution < -0.4 is 15.5 Å². The summed E-state index contributed by atoms with van der Waals surface area (Å²) < 4.78 is 5.42. The van der Waals surface area contributed by atoms with E-state index in [9.17, 15) is 4.79 Å². The summed E-state index contributed by atoms with van der Waals surface area (Å²) in [7, 11) is 0. The number of fused-ring (bicyclic) bond motifs is 3. The molecular weight excluding hydrogens is 292 g/mol. The number of nitrogens with zero attached hydrogens (tertiary/aromatic N) is 2. The highest BCUT2D eigenvalue weighted by molar-refractivity contribution is 5.67. The molecule has 6 heteroatoms. The first kappa shape index (κ1) is 16.1. The SMILES string of the molecule is CCCNC(=O)O[C@@H](C)c1ccc2c(n1)N1C(C)CNCC1C2. The molecule has 0 aromatic carbocycles. The molecule has 23 heavy (non-hydrogen) atoms. The Morgan fingerprint density at radius 1 is 1.52 bits per heavy atom. The second-order valence-electron chi connectivity index (χ2n) is 6.47. The molecule has 0 saturated carbocycles. The van der Waals surface area contributed by atoms with E-state index in [2.05, 4.69) is 28.5 Å². The number of aromatic nitrogens is 1. The molecule has 2 aliphatic heterocycles. The number of hydrogen-bond donors (Lipinski definition) is 2. The first-order valence-electron chi connectivity index (χ1n) is 8.53. The summed E-state index contributed by atoms with van der Waals surface area (Å²) in [6, 6.07) is 5.03. The molecule has 1 aromatic rings. The van der Waals surface area contributed by atoms with Crippen molar-refractivity contribution in [3.8, 4) is 0 Å². The van der Waals surface area contributed by atoms with E-state index >= 15 is 0 Å². The predicted molar refractivity (Wildman–Crippen MR) is 89.7 cm³/mol. The maximum absolute atomic E-state index is 11.7. The van der Waals surface area contributed by atoms with Crippen LogP contribution in [0.2, 0.25) is 0 Å². The molecule has 1 fully saturated rings. The summed E-state index contributed by atoms with van der Waals surface area (Å²) in [6.07, 6.45) is 1.19. The molecule has 3 rings (SSSR count). The van der Waals surface area contributed by atoms with Crippen LogP contribution in [-0.4, -0.2) is 42.8 Å². The van der Waals surface area contributed by atoms with Gasteiger partial charge in [-0.1, -0.05) is 13.0 Å². The predicted octanol–water partition coefficient (Wildman–Crippen LogP) is 2.00. The van der Waals surface area contributed by atoms with E-state index in [4.69, 9.17) is 9.72 Å². The summed E-state index contributed by atoms with van der Waals surface area (Å²) in [4.78, 5) is 19.0. The van der Waals surface area contributed by atoms with Crippen molar-refractivity contribution in [1.82, 2.24) is 15.6 Å². The van der Waals surface area contributed by atoms with Gasteiger partial charge in [0.1, 0.15) is 11.9 Å². The minimum Gasteiger partial charge on any atom is -0.440 e. The molecule has 2 aliphatic rings. The molecular formula is C17H26N4O2. The lowest BCUT2D eigenvalue weighted by molar-refractivity contribution is 0.105. The van der Waals surface area contributed by atoms with Crippen LogP contribution in [0.5, 0.6) is 0 Å². The number of ether oxygens (including phenoxy) is 1. The minimum absolute atomic E-state index is 0.352. The average Bonchev–Trinajstić information content (AvgIpc) is 2.91. The van der Waals surface area contributed by atoms with Crippen molar-refractivity contribution in [3.05, 3.63) is 23.4 Å². The highest BCUT2D eigenvalue weighted by Crippen LogP contribution is 2.34. The number of nitrogens with one attached hydrogen (secondary N) is 2. The molecule has 126 valence electrons. The van der Waals surface area contributed by atoms with Gasteiger partial charge in [-0.3, -0.25) is 0 Å². The standard InChI is InChI=1S/C17H26N4O2/c1-4-7-19-17(22)23-12(3)15-6-5-13-8-14-10-18-9-11(2)21(14)16(13)20-15/h5-6,11-12,14,18H,4,7-10H2,1-3H3,(H,19,22)/t11?,12-,14?/m0/s1. The highest BCUT2D eigenvalue weighted by atomic mass is 16.6. The van der Waals surface area contributed by atoms with E-state index in [1.54, 1.807) is 0 Å². The lowest BCUT2D eigenvalue weighted by atomic mass is 10.1. The Kier molecular flexibility index (Phi) is 4.71. The molecule has 1 aromatic heterocycles. The molecule has 0 spiro atoms. The van der Waals surface area contributed by atoms with Gasteiger partial charge >= 0.3 is 6.09 Å². The molecule has 0 radical (unpaired) electrons. The van der Waals surface area contributed by atoms with Gasteiger partial charge in [0.15, 0.2) is 0 Å². The number of anilines is 1. The van der Waals surface area contributed by atoms with Gasteiger partial charge in [0.25, 0.3) is 0 Å². The van der Waals surface area contributed by atoms with E-state index in [1.165, 1.54) is 5.56 Å². The van der Waals surface area contributed by atoms with Crippen molar-refractivity contribution < 1.29 is 9.53 Å². The van der Waals surface area contributed by atoms with Crippen LogP contribution in [0.25, 0.3) is 0 Å². The topological polar surface area (TPSA) is 66.5 Å². The number of carbonyl (C=O) groups is 1. The fraction of sp³-hybridized carbons (Fsp3) is 0.647. The number of rotatable bonds is 4. The fourth-order valence-electron chi connectivity index (χ4n) is 3.41. The fourth-order valence-corrected chi connectivity index (χ4v) is 3.41. The third-order valence-electron chi connectivity index (χ3n) is 4.59. The number of amides is 1. The Bertz CT molecular complexity index is 578. The van der Waals surface area contributed by atoms with Crippen molar-refractivity contribution >= 4 is 11.9 Å². The van der Waals surface area contributed by atoms with Crippen molar-refractivity contribution in [1.29, 1.82) is 0 Å². The van der Waals surface area contributed by atoms with Crippen molar-refractivity contribution in [2.24, 2.45) is 0 Å². The number of alkyl carbamates (subject to hydrolysis) is 1. The summed E-state index contributed by atoms with van der Waals surface area (Å²) in [5, 5.41) is 6.21. The van der Waals surface area contributed by atoms with Crippen molar-refractivity contribution in [2.75, 3.05) is 24.5 Å². The average molecular weight is 318 g/mol. The Balaban J connectivity index is 1.74. The number of hydrogen-bond acceptors (Lipinski definition) is 5. The van der Waals surface area contributed by atoms with Gasteiger partial charge in [0.2, 0.25) is 0 Å². The molecule has 0 bridgehead atoms. The molecule has 3 atom stereocenters. The molecule has 0 aliphatic carbocycles. The summed E-state index contributed by atoms with van der Waals surface area (Å²) in [6.45, 7) is 8.71. The smallest absolute Gasteiger partial charge is 0.407 e. The van der Waals surface area contributed by atoms with Crippen LogP contribution in [0, 0.1) is 0 Å². The zero-order valence-corrected chi connectivity index (χ0v) is 14.1. The van der Waals surface area contributed by atoms with Gasteiger partial charge in [-0.25, -0.2) is 9.78 Å². The Morgan fingerprint density at radius 2 is 2.35 bits per heavy atom. The number of pyridine rings is 1. The molecule has 6 nitrogen and oxygen atoms in total. The summed E-state index contributed by atoms with van der Waals surface area (Å²) >= 11 is 0. The lowest BCUT2D eigenvalue weighted by Gasteiger charge is -2.37. The van der Waals surface area contributed by atoms with Crippen molar-refractivity contribution in [2.45, 2.75) is 51.8 Å². The van der Waals surface area contributed by atoms with Crippen LogP contribution in [0.4, 0.5) is 10.6 Å². The second-order valence-corrected chi connectivity index (χ2v) is 6.47. The van der Waals surface area contributed by atoms with Gasteiger partial charge in [0.05, 0.1) is 5.69 Å². The number of carbonyl (C=O) groups excluding carboxylic acids is 1. The first-order chi connectivity index (χ1) is 11.1. The Hall–Kier alpha value is -1.82. The zero-order chi connectivity index (χ0) is 16.4. The van der Waals surface area contributed by atoms with Crippen LogP contribution in [0.15, 0.2) is 12.1 Å². The van der Waals surface area contributed by atoms with Crippen LogP contribution in [-0.2, 0) is 11.2 Å². The minimum atomic E-state index is -0.380. The second kappa shape index (κ2) is 6.74. The van der Waals surface area contributed by atoms with Crippen LogP contribution >= 0.6 is 0 Å². The maximum atomic E-state index is 11.7. The Morgan fingerprint density at radius 3 is 3.13 bits per heavy atom. The molecule has 1 amide bonds. The van der Waals surface area contributed by atoms with E-state index in [-0.39, 0.29) is 12.2 Å². The van der Waals surface area contributed by atoms with Crippen LogP contribution in [0.1, 0.15) is 44.6 Å². The van der Waals surface area contributed by atoms with Gasteiger partial charge in [-0.15, -0.1) is 0 Å². The van der Waals surface area contributed by atoms with E-state index < -0.39 is 0 Å². The van der Waals surface area contributed by atoms with E-state index in [0.717, 1.165) is 37.4 Å². The largest absolute Gasteiger partial charge is 0.440 e. The molecule has 3 heterocycles. The van der Waals surface area contributed by atoms with Crippen LogP contribution in [0.3, 0.4) is 0 Å². The summed E-state index contributed by atoms with van der Waals surface area (Å²) in [5.41, 5.74) is 2.10.